The summed E-state index contributed by atoms with van der Waals surface area (Å²) >= 11 is 0. The average Bonchev–Trinajstić information content (AvgIpc) is 3.63. The van der Waals surface area contributed by atoms with Crippen LogP contribution in [0.1, 0.15) is 54.6 Å². The molecule has 1 saturated carbocycles. The highest BCUT2D eigenvalue weighted by atomic mass is 16.5. The fourth-order valence-electron chi connectivity index (χ4n) is 4.35. The highest BCUT2D eigenvalue weighted by Crippen LogP contribution is 2.36. The number of Topliss-reactive ketones (excluding diaryl/α,β-unsaturated/α-hetero) is 1. The van der Waals surface area contributed by atoms with E-state index >= 15 is 0 Å². The Hall–Kier alpha value is -3.28. The van der Waals surface area contributed by atoms with Crippen LogP contribution in [-0.2, 0) is 11.3 Å². The second kappa shape index (κ2) is 8.69. The normalized spacial score (nSPS) is 16.4. The number of carbonyl (C=O) groups is 2. The molecule has 2 aromatic carbocycles. The Kier molecular flexibility index (Phi) is 5.60. The molecule has 1 amide bonds. The van der Waals surface area contributed by atoms with Gasteiger partial charge in [-0.25, -0.2) is 0 Å². The highest BCUT2D eigenvalue weighted by Gasteiger charge is 2.32. The lowest BCUT2D eigenvalue weighted by atomic mass is 10.0. The second-order valence-electron chi connectivity index (χ2n) is 8.61. The molecule has 3 aromatic rings. The molecule has 32 heavy (non-hydrogen) atoms. The Morgan fingerprint density at radius 3 is 2.66 bits per heavy atom. The van der Waals surface area contributed by atoms with Gasteiger partial charge in [-0.3, -0.25) is 9.59 Å². The molecule has 1 fully saturated rings. The average molecular weight is 433 g/mol. The molecule has 1 N–H and O–H groups in total. The maximum absolute atomic E-state index is 13.0. The maximum atomic E-state index is 13.0. The highest BCUT2D eigenvalue weighted by molar-refractivity contribution is 6.10. The van der Waals surface area contributed by atoms with E-state index in [0.29, 0.717) is 13.2 Å². The zero-order valence-corrected chi connectivity index (χ0v) is 18.3. The van der Waals surface area contributed by atoms with E-state index in [1.54, 1.807) is 0 Å². The molecule has 1 unspecified atom stereocenters. The van der Waals surface area contributed by atoms with Crippen LogP contribution in [-0.4, -0.2) is 29.5 Å². The predicted molar refractivity (Wildman–Crippen MR) is 122 cm³/mol. The number of ketones is 1. The number of rotatable bonds is 7. The van der Waals surface area contributed by atoms with E-state index in [1.807, 2.05) is 60.2 Å². The van der Waals surface area contributed by atoms with E-state index in [2.05, 4.69) is 5.32 Å². The van der Waals surface area contributed by atoms with Crippen molar-refractivity contribution in [2.45, 2.75) is 45.2 Å². The summed E-state index contributed by atoms with van der Waals surface area (Å²) in [5.41, 5.74) is 2.63. The Labute approximate surface area is 187 Å². The summed E-state index contributed by atoms with van der Waals surface area (Å²) < 4.78 is 13.4. The van der Waals surface area contributed by atoms with Crippen LogP contribution >= 0.6 is 0 Å². The number of fused-ring (bicyclic) bond motifs is 2. The lowest BCUT2D eigenvalue weighted by Crippen LogP contribution is -2.31. The van der Waals surface area contributed by atoms with E-state index in [0.717, 1.165) is 59.2 Å². The quantitative estimate of drug-likeness (QED) is 0.551. The van der Waals surface area contributed by atoms with Crippen molar-refractivity contribution in [3.8, 4) is 11.5 Å². The van der Waals surface area contributed by atoms with Crippen LogP contribution in [0.15, 0.2) is 48.7 Å². The Bertz CT molecular complexity index is 1160. The molecule has 0 bridgehead atoms. The van der Waals surface area contributed by atoms with Gasteiger partial charge in [0.15, 0.2) is 17.3 Å². The molecule has 1 aromatic heterocycles. The third kappa shape index (κ3) is 4.09. The standard InChI is InChI=1S/C26H28N2O4/c1-2-21(18-10-11-23-24(14-18)32-13-5-12-31-23)27-25(29)16-28-15-20(26(30)17-8-9-17)19-6-3-4-7-22(19)28/h3-4,6-7,10-11,14-15,17,21H,2,5,8-9,12-13,16H2,1H3,(H,27,29). The van der Waals surface area contributed by atoms with Crippen LogP contribution in [0.5, 0.6) is 11.5 Å². The van der Waals surface area contributed by atoms with Gasteiger partial charge in [0.05, 0.1) is 19.3 Å². The first-order chi connectivity index (χ1) is 15.6. The van der Waals surface area contributed by atoms with Crippen molar-refractivity contribution in [3.63, 3.8) is 0 Å². The summed E-state index contributed by atoms with van der Waals surface area (Å²) in [7, 11) is 0. The summed E-state index contributed by atoms with van der Waals surface area (Å²) in [6.45, 7) is 3.49. The first kappa shape index (κ1) is 20.6. The number of nitrogens with zero attached hydrogens (tertiary/aromatic N) is 1. The third-order valence-corrected chi connectivity index (χ3v) is 6.23. The molecule has 2 aliphatic rings. The maximum Gasteiger partial charge on any atom is 0.240 e. The van der Waals surface area contributed by atoms with E-state index in [4.69, 9.17) is 9.47 Å². The zero-order valence-electron chi connectivity index (χ0n) is 18.3. The van der Waals surface area contributed by atoms with Gasteiger partial charge >= 0.3 is 0 Å². The van der Waals surface area contributed by atoms with Gasteiger partial charge in [0.1, 0.15) is 6.54 Å². The van der Waals surface area contributed by atoms with Crippen LogP contribution in [0.3, 0.4) is 0 Å². The number of amides is 1. The Morgan fingerprint density at radius 2 is 1.88 bits per heavy atom. The molecule has 2 heterocycles. The number of carbonyl (C=O) groups excluding carboxylic acids is 2. The van der Waals surface area contributed by atoms with E-state index in [1.165, 1.54) is 0 Å². The summed E-state index contributed by atoms with van der Waals surface area (Å²) in [5.74, 6) is 1.73. The lowest BCUT2D eigenvalue weighted by Gasteiger charge is -2.19. The SMILES string of the molecule is CCC(NC(=O)Cn1cc(C(=O)C2CC2)c2ccccc21)c1ccc2c(c1)OCCCO2. The first-order valence-electron chi connectivity index (χ1n) is 11.4. The minimum absolute atomic E-state index is 0.0878. The topological polar surface area (TPSA) is 69.6 Å². The molecule has 0 radical (unpaired) electrons. The van der Waals surface area contributed by atoms with E-state index < -0.39 is 0 Å². The molecule has 0 saturated heterocycles. The molecule has 6 heteroatoms. The van der Waals surface area contributed by atoms with Crippen LogP contribution in [0.2, 0.25) is 0 Å². The van der Waals surface area contributed by atoms with Gasteiger partial charge in [-0.1, -0.05) is 31.2 Å². The Balaban J connectivity index is 1.34. The second-order valence-corrected chi connectivity index (χ2v) is 8.61. The number of aromatic nitrogens is 1. The van der Waals surface area contributed by atoms with Gasteiger partial charge < -0.3 is 19.4 Å². The summed E-state index contributed by atoms with van der Waals surface area (Å²) in [6, 6.07) is 13.5. The molecule has 6 nitrogen and oxygen atoms in total. The molecule has 0 spiro atoms. The van der Waals surface area contributed by atoms with Crippen LogP contribution in [0, 0.1) is 5.92 Å². The van der Waals surface area contributed by atoms with E-state index in [-0.39, 0.29) is 30.2 Å². The van der Waals surface area contributed by atoms with Gasteiger partial charge in [0.2, 0.25) is 5.91 Å². The van der Waals surface area contributed by atoms with Crippen LogP contribution < -0.4 is 14.8 Å². The number of hydrogen-bond donors (Lipinski definition) is 1. The molecular formula is C26H28N2O4. The van der Waals surface area contributed by atoms with Gasteiger partial charge in [-0.05, 0) is 43.0 Å². The fraction of sp³-hybridized carbons (Fsp3) is 0.385. The Morgan fingerprint density at radius 1 is 1.09 bits per heavy atom. The number of para-hydroxylation sites is 1. The smallest absolute Gasteiger partial charge is 0.240 e. The number of benzene rings is 2. The number of nitrogens with one attached hydrogen (secondary N) is 1. The van der Waals surface area contributed by atoms with Crippen molar-refractivity contribution in [1.82, 2.24) is 9.88 Å². The molecule has 166 valence electrons. The summed E-state index contributed by atoms with van der Waals surface area (Å²) in [5, 5.41) is 4.07. The summed E-state index contributed by atoms with van der Waals surface area (Å²) in [4.78, 5) is 25.7. The van der Waals surface area contributed by atoms with E-state index in [9.17, 15) is 9.59 Å². The van der Waals surface area contributed by atoms with Gasteiger partial charge in [-0.2, -0.15) is 0 Å². The van der Waals surface area contributed by atoms with Crippen LogP contribution in [0.4, 0.5) is 0 Å². The molecule has 5 rings (SSSR count). The minimum Gasteiger partial charge on any atom is -0.490 e. The van der Waals surface area contributed by atoms with Crippen molar-refractivity contribution >= 4 is 22.6 Å². The largest absolute Gasteiger partial charge is 0.490 e. The van der Waals surface area contributed by atoms with Crippen molar-refractivity contribution in [2.75, 3.05) is 13.2 Å². The van der Waals surface area contributed by atoms with Crippen molar-refractivity contribution < 1.29 is 19.1 Å². The monoisotopic (exact) mass is 432 g/mol. The van der Waals surface area contributed by atoms with Crippen molar-refractivity contribution in [3.05, 3.63) is 59.8 Å². The number of hydrogen-bond acceptors (Lipinski definition) is 4. The molecule has 1 aliphatic heterocycles. The minimum atomic E-state index is -0.131. The lowest BCUT2D eigenvalue weighted by molar-refractivity contribution is -0.122. The number of ether oxygens (including phenoxy) is 2. The third-order valence-electron chi connectivity index (χ3n) is 6.23. The first-order valence-corrected chi connectivity index (χ1v) is 11.4. The molecule has 1 aliphatic carbocycles. The zero-order chi connectivity index (χ0) is 22.1. The molecule has 1 atom stereocenters. The van der Waals surface area contributed by atoms with Crippen LogP contribution in [0.25, 0.3) is 10.9 Å². The molecular weight excluding hydrogens is 404 g/mol. The fourth-order valence-corrected chi connectivity index (χ4v) is 4.35. The summed E-state index contributed by atoms with van der Waals surface area (Å²) in [6.07, 6.45) is 5.38. The van der Waals surface area contributed by atoms with Gasteiger partial charge in [-0.15, -0.1) is 0 Å². The van der Waals surface area contributed by atoms with Gasteiger partial charge in [0, 0.05) is 35.0 Å². The van der Waals surface area contributed by atoms with Crippen molar-refractivity contribution in [2.24, 2.45) is 5.92 Å². The predicted octanol–water partition coefficient (Wildman–Crippen LogP) is 4.66. The van der Waals surface area contributed by atoms with Gasteiger partial charge in [0.25, 0.3) is 0 Å². The van der Waals surface area contributed by atoms with Crippen molar-refractivity contribution in [1.29, 1.82) is 0 Å².